The molecule has 0 N–H and O–H groups in total. The quantitative estimate of drug-likeness (QED) is 0.603. The summed E-state index contributed by atoms with van der Waals surface area (Å²) in [5.74, 6) is 2.57. The first-order chi connectivity index (χ1) is 11.7. The van der Waals surface area contributed by atoms with Gasteiger partial charge >= 0.3 is 0 Å². The maximum Gasteiger partial charge on any atom is 0.162 e. The average Bonchev–Trinajstić information content (AvgIpc) is 2.61. The van der Waals surface area contributed by atoms with Crippen LogP contribution in [0.15, 0.2) is 53.0 Å². The summed E-state index contributed by atoms with van der Waals surface area (Å²) in [5.41, 5.74) is 2.06. The van der Waals surface area contributed by atoms with Crippen LogP contribution in [0.3, 0.4) is 0 Å². The van der Waals surface area contributed by atoms with Crippen molar-refractivity contribution in [3.63, 3.8) is 0 Å². The van der Waals surface area contributed by atoms with Crippen molar-refractivity contribution in [2.45, 2.75) is 19.8 Å². The number of benzene rings is 2. The Kier molecular flexibility index (Phi) is 4.23. The average molecular weight is 382 g/mol. The molecule has 0 bridgehead atoms. The van der Waals surface area contributed by atoms with Gasteiger partial charge in [0.05, 0.1) is 5.52 Å². The summed E-state index contributed by atoms with van der Waals surface area (Å²) < 4.78 is 1.07. The zero-order valence-corrected chi connectivity index (χ0v) is 15.3. The summed E-state index contributed by atoms with van der Waals surface area (Å²) in [5, 5.41) is 1.12. The lowest BCUT2D eigenvalue weighted by molar-refractivity contribution is 0.445. The molecule has 1 unspecified atom stereocenters. The molecule has 3 aromatic rings. The zero-order chi connectivity index (χ0) is 16.5. The van der Waals surface area contributed by atoms with Crippen molar-refractivity contribution in [3.05, 3.63) is 53.0 Å². The van der Waals surface area contributed by atoms with E-state index in [1.807, 2.05) is 24.3 Å². The van der Waals surface area contributed by atoms with Crippen LogP contribution in [-0.4, -0.2) is 23.1 Å². The van der Waals surface area contributed by atoms with Crippen molar-refractivity contribution in [2.75, 3.05) is 18.0 Å². The van der Waals surface area contributed by atoms with Gasteiger partial charge in [-0.2, -0.15) is 0 Å². The predicted octanol–water partition coefficient (Wildman–Crippen LogP) is 5.30. The largest absolute Gasteiger partial charge is 0.356 e. The maximum absolute atomic E-state index is 4.96. The standard InChI is InChI=1S/C20H20BrN3/c1-14-6-5-11-24(13-14)20-17-12-16(21)9-10-18(17)22-19(23-20)15-7-3-2-4-8-15/h2-4,7-10,12,14H,5-6,11,13H2,1H3. The molecule has 122 valence electrons. The van der Waals surface area contributed by atoms with E-state index in [9.17, 15) is 0 Å². The minimum Gasteiger partial charge on any atom is -0.356 e. The molecular weight excluding hydrogens is 362 g/mol. The van der Waals surface area contributed by atoms with Gasteiger partial charge in [-0.05, 0) is 37.0 Å². The van der Waals surface area contributed by atoms with Gasteiger partial charge in [-0.1, -0.05) is 53.2 Å². The molecule has 4 rings (SSSR count). The van der Waals surface area contributed by atoms with E-state index < -0.39 is 0 Å². The smallest absolute Gasteiger partial charge is 0.162 e. The second-order valence-electron chi connectivity index (χ2n) is 6.59. The summed E-state index contributed by atoms with van der Waals surface area (Å²) in [6, 6.07) is 16.5. The fraction of sp³-hybridized carbons (Fsp3) is 0.300. The Balaban J connectivity index is 1.90. The minimum atomic E-state index is 0.705. The number of halogens is 1. The Morgan fingerprint density at radius 2 is 1.92 bits per heavy atom. The SMILES string of the molecule is CC1CCCN(c2nc(-c3ccccc3)nc3ccc(Br)cc23)C1. The molecule has 4 heteroatoms. The third-order valence-electron chi connectivity index (χ3n) is 4.63. The van der Waals surface area contributed by atoms with Crippen LogP contribution in [0.25, 0.3) is 22.3 Å². The number of aromatic nitrogens is 2. The number of nitrogens with zero attached hydrogens (tertiary/aromatic N) is 3. The highest BCUT2D eigenvalue weighted by atomic mass is 79.9. The van der Waals surface area contributed by atoms with Crippen molar-refractivity contribution < 1.29 is 0 Å². The van der Waals surface area contributed by atoms with E-state index in [1.165, 1.54) is 12.8 Å². The normalized spacial score (nSPS) is 18.1. The first kappa shape index (κ1) is 15.6. The minimum absolute atomic E-state index is 0.705. The number of piperidine rings is 1. The van der Waals surface area contributed by atoms with E-state index in [1.54, 1.807) is 0 Å². The van der Waals surface area contributed by atoms with Crippen LogP contribution in [-0.2, 0) is 0 Å². The Labute approximate surface area is 150 Å². The van der Waals surface area contributed by atoms with Crippen molar-refractivity contribution in [3.8, 4) is 11.4 Å². The molecule has 0 amide bonds. The maximum atomic E-state index is 4.96. The van der Waals surface area contributed by atoms with Crippen LogP contribution in [0.5, 0.6) is 0 Å². The molecule has 1 aromatic heterocycles. The molecule has 1 aliphatic heterocycles. The zero-order valence-electron chi connectivity index (χ0n) is 13.7. The van der Waals surface area contributed by atoms with Gasteiger partial charge in [0, 0.05) is 28.5 Å². The second-order valence-corrected chi connectivity index (χ2v) is 7.51. The van der Waals surface area contributed by atoms with Gasteiger partial charge < -0.3 is 4.90 Å². The summed E-state index contributed by atoms with van der Waals surface area (Å²) in [6.45, 7) is 4.45. The molecule has 0 spiro atoms. The van der Waals surface area contributed by atoms with Gasteiger partial charge in [0.15, 0.2) is 5.82 Å². The van der Waals surface area contributed by atoms with Crippen LogP contribution in [0, 0.1) is 5.92 Å². The van der Waals surface area contributed by atoms with Gasteiger partial charge in [-0.3, -0.25) is 0 Å². The monoisotopic (exact) mass is 381 g/mol. The lowest BCUT2D eigenvalue weighted by atomic mass is 10.00. The highest BCUT2D eigenvalue weighted by Crippen LogP contribution is 2.32. The highest BCUT2D eigenvalue weighted by molar-refractivity contribution is 9.10. The van der Waals surface area contributed by atoms with Gasteiger partial charge in [-0.15, -0.1) is 0 Å². The molecule has 1 fully saturated rings. The molecular formula is C20H20BrN3. The molecule has 2 aromatic carbocycles. The van der Waals surface area contributed by atoms with Crippen LogP contribution in [0.1, 0.15) is 19.8 Å². The number of hydrogen-bond acceptors (Lipinski definition) is 3. The fourth-order valence-corrected chi connectivity index (χ4v) is 3.78. The van der Waals surface area contributed by atoms with Crippen molar-refractivity contribution >= 4 is 32.7 Å². The van der Waals surface area contributed by atoms with Crippen molar-refractivity contribution in [1.82, 2.24) is 9.97 Å². The van der Waals surface area contributed by atoms with E-state index in [-0.39, 0.29) is 0 Å². The molecule has 3 nitrogen and oxygen atoms in total. The van der Waals surface area contributed by atoms with Crippen molar-refractivity contribution in [1.29, 1.82) is 0 Å². The molecule has 1 aliphatic rings. The van der Waals surface area contributed by atoms with E-state index in [4.69, 9.17) is 9.97 Å². The number of anilines is 1. The van der Waals surface area contributed by atoms with E-state index in [2.05, 4.69) is 52.0 Å². The topological polar surface area (TPSA) is 29.0 Å². The van der Waals surface area contributed by atoms with Crippen LogP contribution < -0.4 is 4.90 Å². The Hall–Kier alpha value is -1.94. The van der Waals surface area contributed by atoms with Crippen LogP contribution in [0.2, 0.25) is 0 Å². The number of rotatable bonds is 2. The molecule has 1 atom stereocenters. The summed E-state index contributed by atoms with van der Waals surface area (Å²) in [7, 11) is 0. The predicted molar refractivity (Wildman–Crippen MR) is 103 cm³/mol. The lowest BCUT2D eigenvalue weighted by Gasteiger charge is -2.32. The van der Waals surface area contributed by atoms with Gasteiger partial charge in [0.25, 0.3) is 0 Å². The molecule has 2 heterocycles. The van der Waals surface area contributed by atoms with E-state index in [0.29, 0.717) is 5.92 Å². The molecule has 0 aliphatic carbocycles. The molecule has 24 heavy (non-hydrogen) atoms. The first-order valence-electron chi connectivity index (χ1n) is 8.48. The number of fused-ring (bicyclic) bond motifs is 1. The number of hydrogen-bond donors (Lipinski definition) is 0. The Bertz CT molecular complexity index is 863. The van der Waals surface area contributed by atoms with E-state index >= 15 is 0 Å². The van der Waals surface area contributed by atoms with Crippen molar-refractivity contribution in [2.24, 2.45) is 5.92 Å². The van der Waals surface area contributed by atoms with E-state index in [0.717, 1.165) is 45.7 Å². The molecule has 0 saturated carbocycles. The Morgan fingerprint density at radius 1 is 1.08 bits per heavy atom. The van der Waals surface area contributed by atoms with Gasteiger partial charge in [0.2, 0.25) is 0 Å². The fourth-order valence-electron chi connectivity index (χ4n) is 3.42. The highest BCUT2D eigenvalue weighted by Gasteiger charge is 2.21. The third-order valence-corrected chi connectivity index (χ3v) is 5.12. The summed E-state index contributed by atoms with van der Waals surface area (Å²) in [6.07, 6.45) is 2.52. The van der Waals surface area contributed by atoms with Gasteiger partial charge in [0.1, 0.15) is 5.82 Å². The summed E-state index contributed by atoms with van der Waals surface area (Å²) in [4.78, 5) is 12.2. The Morgan fingerprint density at radius 3 is 2.71 bits per heavy atom. The first-order valence-corrected chi connectivity index (χ1v) is 9.28. The van der Waals surface area contributed by atoms with Crippen LogP contribution >= 0.6 is 15.9 Å². The lowest BCUT2D eigenvalue weighted by Crippen LogP contribution is -2.35. The molecule has 1 saturated heterocycles. The third kappa shape index (κ3) is 3.03. The summed E-state index contributed by atoms with van der Waals surface area (Å²) >= 11 is 3.59. The van der Waals surface area contributed by atoms with Gasteiger partial charge in [-0.25, -0.2) is 9.97 Å². The second kappa shape index (κ2) is 6.52. The molecule has 0 radical (unpaired) electrons. The van der Waals surface area contributed by atoms with Crippen LogP contribution in [0.4, 0.5) is 5.82 Å².